The first-order valence-corrected chi connectivity index (χ1v) is 15.2. The lowest BCUT2D eigenvalue weighted by atomic mass is 9.53. The molecule has 3 aliphatic carbocycles. The van der Waals surface area contributed by atoms with Crippen molar-refractivity contribution in [3.63, 3.8) is 0 Å². The largest absolute Gasteiger partial charge is 0.0683 e. The minimum absolute atomic E-state index is 0.523. The van der Waals surface area contributed by atoms with Gasteiger partial charge in [0.2, 0.25) is 0 Å². The molecule has 0 aromatic rings. The van der Waals surface area contributed by atoms with Crippen molar-refractivity contribution < 1.29 is 0 Å². The maximum Gasteiger partial charge on any atom is -0.0287 e. The van der Waals surface area contributed by atoms with Crippen molar-refractivity contribution in [2.75, 3.05) is 0 Å². The summed E-state index contributed by atoms with van der Waals surface area (Å²) in [6.45, 7) is 21.4. The molecule has 192 valence electrons. The molecule has 0 bridgehead atoms. The summed E-state index contributed by atoms with van der Waals surface area (Å²) >= 11 is 0. The first-order chi connectivity index (χ1) is 15.2. The van der Waals surface area contributed by atoms with Crippen LogP contribution in [0.25, 0.3) is 0 Å². The summed E-state index contributed by atoms with van der Waals surface area (Å²) in [6, 6.07) is 0. The predicted molar refractivity (Wildman–Crippen MR) is 147 cm³/mol. The molecule has 0 N–H and O–H groups in total. The number of hydrogen-bond donors (Lipinski definition) is 0. The van der Waals surface area contributed by atoms with Gasteiger partial charge in [0.05, 0.1) is 0 Å². The highest BCUT2D eigenvalue weighted by Gasteiger charge is 2.46. The third-order valence-corrected chi connectivity index (χ3v) is 9.73. The lowest BCUT2D eigenvalue weighted by Gasteiger charge is -2.52. The Hall–Kier alpha value is 0. The smallest absolute Gasteiger partial charge is 0.0287 e. The maximum atomic E-state index is 2.75. The van der Waals surface area contributed by atoms with Gasteiger partial charge >= 0.3 is 0 Å². The van der Waals surface area contributed by atoms with Gasteiger partial charge < -0.3 is 0 Å². The van der Waals surface area contributed by atoms with Crippen molar-refractivity contribution in [1.82, 2.24) is 0 Å². The second kappa shape index (κ2) is 14.4. The summed E-state index contributed by atoms with van der Waals surface area (Å²) < 4.78 is 0. The second-order valence-corrected chi connectivity index (χ2v) is 13.0. The highest BCUT2D eigenvalue weighted by Crippen LogP contribution is 2.56. The zero-order valence-corrected chi connectivity index (χ0v) is 24.3. The van der Waals surface area contributed by atoms with Crippen LogP contribution in [0.1, 0.15) is 171 Å². The summed E-state index contributed by atoms with van der Waals surface area (Å²) in [4.78, 5) is 0. The minimum atomic E-state index is 0.523. The quantitative estimate of drug-likeness (QED) is 0.363. The third kappa shape index (κ3) is 8.65. The molecule has 32 heavy (non-hydrogen) atoms. The van der Waals surface area contributed by atoms with Gasteiger partial charge in [-0.1, -0.05) is 120 Å². The Bertz CT molecular complexity index is 420. The molecule has 0 spiro atoms. The van der Waals surface area contributed by atoms with Crippen LogP contribution >= 0.6 is 0 Å². The van der Waals surface area contributed by atoms with E-state index in [1.54, 1.807) is 0 Å². The van der Waals surface area contributed by atoms with Crippen LogP contribution in [0.3, 0.4) is 0 Å². The van der Waals surface area contributed by atoms with Gasteiger partial charge in [0.1, 0.15) is 0 Å². The molecule has 0 aliphatic heterocycles. The second-order valence-electron chi connectivity index (χ2n) is 13.0. The topological polar surface area (TPSA) is 0 Å². The van der Waals surface area contributed by atoms with E-state index >= 15 is 0 Å². The van der Waals surface area contributed by atoms with Gasteiger partial charge in [-0.2, -0.15) is 0 Å². The molecule has 0 atom stereocenters. The highest BCUT2D eigenvalue weighted by molar-refractivity contribution is 4.96. The van der Waals surface area contributed by atoms with Gasteiger partial charge in [0.25, 0.3) is 0 Å². The van der Waals surface area contributed by atoms with E-state index in [1.165, 1.54) is 109 Å². The Morgan fingerprint density at radius 2 is 0.656 bits per heavy atom. The van der Waals surface area contributed by atoms with Gasteiger partial charge in [0.15, 0.2) is 0 Å². The zero-order chi connectivity index (χ0) is 24.3. The molecule has 3 saturated carbocycles. The van der Waals surface area contributed by atoms with E-state index in [1.807, 2.05) is 27.7 Å². The van der Waals surface area contributed by atoms with Crippen LogP contribution in [0.2, 0.25) is 0 Å². The van der Waals surface area contributed by atoms with Crippen LogP contribution in [0, 0.1) is 34.0 Å². The molecule has 0 saturated heterocycles. The van der Waals surface area contributed by atoms with Crippen LogP contribution in [0.5, 0.6) is 0 Å². The molecule has 3 rings (SSSR count). The highest BCUT2D eigenvalue weighted by atomic mass is 14.5. The fourth-order valence-electron chi connectivity index (χ4n) is 8.29. The first-order valence-electron chi connectivity index (χ1n) is 15.2. The molecule has 0 heterocycles. The molecular weight excluding hydrogens is 384 g/mol. The van der Waals surface area contributed by atoms with Gasteiger partial charge in [-0.05, 0) is 85.4 Å². The predicted octanol–water partition coefficient (Wildman–Crippen LogP) is 11.6. The number of rotatable bonds is 7. The van der Waals surface area contributed by atoms with Crippen molar-refractivity contribution in [2.24, 2.45) is 34.0 Å². The van der Waals surface area contributed by atoms with Crippen LogP contribution in [-0.2, 0) is 0 Å². The zero-order valence-electron chi connectivity index (χ0n) is 24.3. The lowest BCUT2D eigenvalue weighted by molar-refractivity contribution is -0.0177. The summed E-state index contributed by atoms with van der Waals surface area (Å²) in [5, 5.41) is 0. The van der Waals surface area contributed by atoms with Crippen molar-refractivity contribution in [2.45, 2.75) is 171 Å². The molecule has 0 heteroatoms. The van der Waals surface area contributed by atoms with Crippen LogP contribution in [-0.4, -0.2) is 0 Å². The Balaban J connectivity index is 0.00000121. The van der Waals surface area contributed by atoms with Gasteiger partial charge in [-0.3, -0.25) is 0 Å². The fraction of sp³-hybridized carbons (Fsp3) is 1.00. The van der Waals surface area contributed by atoms with E-state index in [4.69, 9.17) is 0 Å². The first kappa shape index (κ1) is 30.0. The molecule has 3 aliphatic rings. The molecule has 0 aromatic heterocycles. The van der Waals surface area contributed by atoms with Gasteiger partial charge in [-0.25, -0.2) is 0 Å². The van der Waals surface area contributed by atoms with E-state index in [2.05, 4.69) is 34.6 Å². The SMILES string of the molecule is CC.CC.CC(C)(CC(C)(CC(C)(C)C1CCCCC1)C1CCCCC1)C1CCCCC1. The van der Waals surface area contributed by atoms with E-state index in [-0.39, 0.29) is 0 Å². The average Bonchev–Trinajstić information content (AvgIpc) is 2.83. The normalized spacial score (nSPS) is 22.4. The number of hydrogen-bond acceptors (Lipinski definition) is 0. The summed E-state index contributed by atoms with van der Waals surface area (Å²) in [7, 11) is 0. The van der Waals surface area contributed by atoms with Crippen molar-refractivity contribution >= 4 is 0 Å². The van der Waals surface area contributed by atoms with Crippen LogP contribution < -0.4 is 0 Å². The van der Waals surface area contributed by atoms with Crippen molar-refractivity contribution in [3.8, 4) is 0 Å². The lowest BCUT2D eigenvalue weighted by Crippen LogP contribution is -2.42. The standard InChI is InChI=1S/C28H52.2C2H6/c1-26(2,23-15-9-6-10-16-23)21-28(5,25-19-13-8-14-20-25)22-27(3,4)24-17-11-7-12-18-24;2*1-2/h23-25H,6-22H2,1-5H3;2*1-2H3. The monoisotopic (exact) mass is 449 g/mol. The van der Waals surface area contributed by atoms with Crippen molar-refractivity contribution in [3.05, 3.63) is 0 Å². The Morgan fingerprint density at radius 1 is 0.406 bits per heavy atom. The van der Waals surface area contributed by atoms with Gasteiger partial charge in [-0.15, -0.1) is 0 Å². The van der Waals surface area contributed by atoms with E-state index < -0.39 is 0 Å². The third-order valence-electron chi connectivity index (χ3n) is 9.73. The Kier molecular flexibility index (Phi) is 13.5. The van der Waals surface area contributed by atoms with Gasteiger partial charge in [0, 0.05) is 0 Å². The Morgan fingerprint density at radius 3 is 0.938 bits per heavy atom. The van der Waals surface area contributed by atoms with Crippen LogP contribution in [0.15, 0.2) is 0 Å². The molecule has 0 radical (unpaired) electrons. The molecule has 3 fully saturated rings. The maximum absolute atomic E-state index is 2.75. The summed E-state index contributed by atoms with van der Waals surface area (Å²) in [5.41, 5.74) is 1.59. The van der Waals surface area contributed by atoms with E-state index in [0.29, 0.717) is 16.2 Å². The molecule has 0 aromatic carbocycles. The molecule has 0 unspecified atom stereocenters. The van der Waals surface area contributed by atoms with E-state index in [0.717, 1.165) is 17.8 Å². The minimum Gasteiger partial charge on any atom is -0.0683 e. The molecule has 0 nitrogen and oxygen atoms in total. The molecule has 0 amide bonds. The summed E-state index contributed by atoms with van der Waals surface area (Å²) in [6.07, 6.45) is 25.4. The van der Waals surface area contributed by atoms with E-state index in [9.17, 15) is 0 Å². The summed E-state index contributed by atoms with van der Waals surface area (Å²) in [5.74, 6) is 2.93. The average molecular weight is 449 g/mol. The van der Waals surface area contributed by atoms with Crippen molar-refractivity contribution in [1.29, 1.82) is 0 Å². The molecular formula is C32H64. The fourth-order valence-corrected chi connectivity index (χ4v) is 8.29. The Labute approximate surface area is 205 Å². The van der Waals surface area contributed by atoms with Crippen LogP contribution in [0.4, 0.5) is 0 Å².